The first kappa shape index (κ1) is 30.0. The number of unbranched alkanes of at least 4 members (excludes halogenated alkanes) is 1. The molecule has 4 saturated carbocycles. The van der Waals surface area contributed by atoms with Gasteiger partial charge in [0.2, 0.25) is 0 Å². The molecule has 0 heteroatoms. The van der Waals surface area contributed by atoms with E-state index in [1.165, 1.54) is 32.1 Å². The lowest BCUT2D eigenvalue weighted by Crippen LogP contribution is -2.29. The largest absolute Gasteiger partial charge is 0.0654 e. The third kappa shape index (κ3) is 9.27. The summed E-state index contributed by atoms with van der Waals surface area (Å²) in [4.78, 5) is 0. The highest BCUT2D eigenvalue weighted by Crippen LogP contribution is 2.47. The number of rotatable bonds is 13. The van der Waals surface area contributed by atoms with Crippen LogP contribution in [0.5, 0.6) is 0 Å². The Morgan fingerprint density at radius 2 is 1.11 bits per heavy atom. The quantitative estimate of drug-likeness (QED) is 0.230. The van der Waals surface area contributed by atoms with Crippen molar-refractivity contribution in [3.8, 4) is 0 Å². The second-order valence-electron chi connectivity index (χ2n) is 15.1. The Kier molecular flexibility index (Phi) is 13.2. The number of hydrogen-bond donors (Lipinski definition) is 0. The van der Waals surface area contributed by atoms with Crippen LogP contribution < -0.4 is 0 Å². The molecule has 0 aromatic heterocycles. The lowest BCUT2D eigenvalue weighted by atomic mass is 9.65. The molecule has 0 aliphatic heterocycles. The van der Waals surface area contributed by atoms with Gasteiger partial charge in [0.1, 0.15) is 0 Å². The Morgan fingerprint density at radius 3 is 1.76 bits per heavy atom. The van der Waals surface area contributed by atoms with E-state index >= 15 is 0 Å². The van der Waals surface area contributed by atoms with E-state index < -0.39 is 0 Å². The van der Waals surface area contributed by atoms with Crippen LogP contribution in [0.3, 0.4) is 0 Å². The van der Waals surface area contributed by atoms with Gasteiger partial charge in [-0.15, -0.1) is 0 Å². The topological polar surface area (TPSA) is 0 Å². The SMILES string of the molecule is CCCCC(CCCC1CCCC(C2CCC(CCC)CC2)C1)C1CCCC(C2CCC(CC)CC2)C1. The van der Waals surface area contributed by atoms with Gasteiger partial charge in [-0.3, -0.25) is 0 Å². The van der Waals surface area contributed by atoms with E-state index in [2.05, 4.69) is 20.8 Å². The van der Waals surface area contributed by atoms with Crippen LogP contribution in [0.4, 0.5) is 0 Å². The first-order valence-electron chi connectivity index (χ1n) is 18.2. The Morgan fingerprint density at radius 1 is 0.486 bits per heavy atom. The molecule has 5 unspecified atom stereocenters. The molecule has 0 spiro atoms. The lowest BCUT2D eigenvalue weighted by molar-refractivity contribution is 0.103. The van der Waals surface area contributed by atoms with Crippen LogP contribution in [0.1, 0.15) is 181 Å². The van der Waals surface area contributed by atoms with Crippen molar-refractivity contribution in [3.05, 3.63) is 0 Å². The summed E-state index contributed by atoms with van der Waals surface area (Å²) in [5.41, 5.74) is 0. The number of hydrogen-bond acceptors (Lipinski definition) is 0. The Labute approximate surface area is 234 Å². The van der Waals surface area contributed by atoms with Crippen LogP contribution >= 0.6 is 0 Å². The maximum atomic E-state index is 2.42. The zero-order valence-electron chi connectivity index (χ0n) is 25.9. The highest BCUT2D eigenvalue weighted by molar-refractivity contribution is 4.86. The minimum absolute atomic E-state index is 1.06. The molecule has 0 radical (unpaired) electrons. The zero-order valence-corrected chi connectivity index (χ0v) is 25.9. The van der Waals surface area contributed by atoms with Crippen molar-refractivity contribution in [2.75, 3.05) is 0 Å². The molecule has 0 N–H and O–H groups in total. The maximum Gasteiger partial charge on any atom is -0.0383 e. The van der Waals surface area contributed by atoms with Gasteiger partial charge in [-0.2, -0.15) is 0 Å². The zero-order chi connectivity index (χ0) is 25.9. The highest BCUT2D eigenvalue weighted by atomic mass is 14.4. The van der Waals surface area contributed by atoms with Gasteiger partial charge < -0.3 is 0 Å². The fraction of sp³-hybridized carbons (Fsp3) is 1.00. The smallest absolute Gasteiger partial charge is 0.0383 e. The third-order valence-corrected chi connectivity index (χ3v) is 12.8. The van der Waals surface area contributed by atoms with Crippen molar-refractivity contribution < 1.29 is 0 Å². The van der Waals surface area contributed by atoms with Gasteiger partial charge in [0.05, 0.1) is 0 Å². The van der Waals surface area contributed by atoms with Gasteiger partial charge in [0.15, 0.2) is 0 Å². The summed E-state index contributed by atoms with van der Waals surface area (Å²) in [6, 6.07) is 0. The van der Waals surface area contributed by atoms with Gasteiger partial charge in [-0.25, -0.2) is 0 Å². The third-order valence-electron chi connectivity index (χ3n) is 12.8. The van der Waals surface area contributed by atoms with Crippen LogP contribution in [-0.4, -0.2) is 0 Å². The monoisotopic (exact) mass is 513 g/mol. The van der Waals surface area contributed by atoms with Gasteiger partial charge in [0.25, 0.3) is 0 Å². The fourth-order valence-corrected chi connectivity index (χ4v) is 10.3. The van der Waals surface area contributed by atoms with Gasteiger partial charge in [-0.05, 0) is 91.8 Å². The van der Waals surface area contributed by atoms with E-state index in [4.69, 9.17) is 0 Å². The first-order valence-corrected chi connectivity index (χ1v) is 18.2. The van der Waals surface area contributed by atoms with Crippen LogP contribution in [0.15, 0.2) is 0 Å². The Balaban J connectivity index is 1.21. The van der Waals surface area contributed by atoms with E-state index in [1.807, 2.05) is 0 Å². The summed E-state index contributed by atoms with van der Waals surface area (Å²) in [5.74, 6) is 9.72. The summed E-state index contributed by atoms with van der Waals surface area (Å²) < 4.78 is 0. The summed E-state index contributed by atoms with van der Waals surface area (Å²) in [7, 11) is 0. The molecule has 4 aliphatic carbocycles. The molecule has 4 rings (SSSR count). The molecule has 0 heterocycles. The van der Waals surface area contributed by atoms with E-state index in [-0.39, 0.29) is 0 Å². The molecule has 4 aliphatic rings. The normalized spacial score (nSPS) is 38.4. The van der Waals surface area contributed by atoms with Crippen LogP contribution in [-0.2, 0) is 0 Å². The molecule has 0 bridgehead atoms. The molecule has 5 atom stereocenters. The molecule has 0 aromatic carbocycles. The van der Waals surface area contributed by atoms with Crippen molar-refractivity contribution in [1.29, 1.82) is 0 Å². The summed E-state index contributed by atoms with van der Waals surface area (Å²) in [5, 5.41) is 0. The average molecular weight is 513 g/mol. The van der Waals surface area contributed by atoms with Crippen molar-refractivity contribution in [2.45, 2.75) is 181 Å². The first-order chi connectivity index (χ1) is 18.2. The fourth-order valence-electron chi connectivity index (χ4n) is 10.3. The van der Waals surface area contributed by atoms with E-state index in [9.17, 15) is 0 Å². The molecule has 4 fully saturated rings. The minimum Gasteiger partial charge on any atom is -0.0654 e. The maximum absolute atomic E-state index is 2.42. The van der Waals surface area contributed by atoms with Gasteiger partial charge >= 0.3 is 0 Å². The molecule has 216 valence electrons. The van der Waals surface area contributed by atoms with Crippen molar-refractivity contribution in [2.24, 2.45) is 53.3 Å². The second-order valence-corrected chi connectivity index (χ2v) is 15.1. The average Bonchev–Trinajstić information content (AvgIpc) is 2.96. The standard InChI is InChI=1S/C37H68/c1-4-7-14-32(36-17-10-18-37(28-36)34-23-19-29(6-3)20-24-34)15-8-12-31-13-9-16-35(27-31)33-25-21-30(11-5-2)22-26-33/h29-37H,4-28H2,1-3H3. The lowest BCUT2D eigenvalue weighted by Gasteiger charge is -2.41. The van der Waals surface area contributed by atoms with Crippen molar-refractivity contribution >= 4 is 0 Å². The van der Waals surface area contributed by atoms with Crippen LogP contribution in [0.25, 0.3) is 0 Å². The molecule has 0 aromatic rings. The van der Waals surface area contributed by atoms with E-state index in [1.54, 1.807) is 128 Å². The van der Waals surface area contributed by atoms with Crippen LogP contribution in [0.2, 0.25) is 0 Å². The molecular formula is C37H68. The molecular weight excluding hydrogens is 444 g/mol. The Hall–Kier alpha value is 0. The van der Waals surface area contributed by atoms with Gasteiger partial charge in [-0.1, -0.05) is 143 Å². The summed E-state index contributed by atoms with van der Waals surface area (Å²) in [6.07, 6.45) is 38.6. The summed E-state index contributed by atoms with van der Waals surface area (Å²) in [6.45, 7) is 7.23. The van der Waals surface area contributed by atoms with Gasteiger partial charge in [0, 0.05) is 0 Å². The predicted molar refractivity (Wildman–Crippen MR) is 164 cm³/mol. The Bertz CT molecular complexity index is 577. The van der Waals surface area contributed by atoms with Crippen molar-refractivity contribution in [3.63, 3.8) is 0 Å². The van der Waals surface area contributed by atoms with Crippen molar-refractivity contribution in [1.82, 2.24) is 0 Å². The summed E-state index contributed by atoms with van der Waals surface area (Å²) >= 11 is 0. The second kappa shape index (κ2) is 16.3. The van der Waals surface area contributed by atoms with Crippen LogP contribution in [0, 0.1) is 53.3 Å². The molecule has 0 nitrogen and oxygen atoms in total. The molecule has 37 heavy (non-hydrogen) atoms. The van der Waals surface area contributed by atoms with E-state index in [0.29, 0.717) is 0 Å². The minimum atomic E-state index is 1.06. The van der Waals surface area contributed by atoms with E-state index in [0.717, 1.165) is 53.3 Å². The predicted octanol–water partition coefficient (Wildman–Crippen LogP) is 12.4. The molecule has 0 saturated heterocycles. The highest BCUT2D eigenvalue weighted by Gasteiger charge is 2.35. The molecule has 0 amide bonds.